The number of amides is 1. The second kappa shape index (κ2) is 4.93. The van der Waals surface area contributed by atoms with Crippen LogP contribution in [-0.4, -0.2) is 57.3 Å². The first-order valence-corrected chi connectivity index (χ1v) is 4.80. The highest BCUT2D eigenvalue weighted by Gasteiger charge is 2.38. The molecule has 0 spiro atoms. The lowest BCUT2D eigenvalue weighted by Crippen LogP contribution is -2.43. The summed E-state index contributed by atoms with van der Waals surface area (Å²) in [4.78, 5) is 33.8. The number of carbonyl (C=O) groups is 3. The lowest BCUT2D eigenvalue weighted by atomic mass is 10.1. The van der Waals surface area contributed by atoms with Gasteiger partial charge < -0.3 is 20.2 Å². The molecule has 0 aromatic carbocycles. The first-order valence-electron chi connectivity index (χ1n) is 4.80. The maximum absolute atomic E-state index is 11.4. The Hall–Kier alpha value is -1.63. The summed E-state index contributed by atoms with van der Waals surface area (Å²) < 4.78 is 0. The SMILES string of the molecule is O=C(O)C[C@@H](C(=O)O)N1CC(CO)CC1=O. The number of rotatable bonds is 5. The zero-order valence-electron chi connectivity index (χ0n) is 8.50. The van der Waals surface area contributed by atoms with E-state index in [1.807, 2.05) is 0 Å². The van der Waals surface area contributed by atoms with Crippen LogP contribution in [0.4, 0.5) is 0 Å². The van der Waals surface area contributed by atoms with Crippen molar-refractivity contribution >= 4 is 17.8 Å². The number of aliphatic carboxylic acids is 2. The van der Waals surface area contributed by atoms with Gasteiger partial charge in [0.15, 0.2) is 0 Å². The smallest absolute Gasteiger partial charge is 0.327 e. The number of carbonyl (C=O) groups excluding carboxylic acids is 1. The van der Waals surface area contributed by atoms with Crippen molar-refractivity contribution in [1.82, 2.24) is 4.90 Å². The van der Waals surface area contributed by atoms with E-state index in [0.717, 1.165) is 4.90 Å². The molecular formula is C9H13NO6. The van der Waals surface area contributed by atoms with Gasteiger partial charge in [-0.1, -0.05) is 0 Å². The number of nitrogens with zero attached hydrogens (tertiary/aromatic N) is 1. The van der Waals surface area contributed by atoms with Gasteiger partial charge in [0.1, 0.15) is 6.04 Å². The molecule has 0 aromatic rings. The molecule has 1 aliphatic rings. The fraction of sp³-hybridized carbons (Fsp3) is 0.667. The number of hydrogen-bond donors (Lipinski definition) is 3. The molecule has 1 fully saturated rings. The van der Waals surface area contributed by atoms with Crippen LogP contribution in [0.25, 0.3) is 0 Å². The van der Waals surface area contributed by atoms with Crippen LogP contribution in [0, 0.1) is 5.92 Å². The van der Waals surface area contributed by atoms with Crippen LogP contribution in [-0.2, 0) is 14.4 Å². The molecule has 1 aliphatic heterocycles. The van der Waals surface area contributed by atoms with Crippen molar-refractivity contribution in [3.8, 4) is 0 Å². The highest BCUT2D eigenvalue weighted by atomic mass is 16.4. The Balaban J connectivity index is 2.75. The Kier molecular flexibility index (Phi) is 3.83. The van der Waals surface area contributed by atoms with Gasteiger partial charge in [0.05, 0.1) is 6.42 Å². The van der Waals surface area contributed by atoms with Crippen molar-refractivity contribution in [2.45, 2.75) is 18.9 Å². The van der Waals surface area contributed by atoms with Gasteiger partial charge in [0, 0.05) is 25.5 Å². The zero-order valence-corrected chi connectivity index (χ0v) is 8.50. The number of aliphatic hydroxyl groups excluding tert-OH is 1. The summed E-state index contributed by atoms with van der Waals surface area (Å²) in [5.41, 5.74) is 0. The highest BCUT2D eigenvalue weighted by Crippen LogP contribution is 2.21. The van der Waals surface area contributed by atoms with E-state index in [4.69, 9.17) is 15.3 Å². The summed E-state index contributed by atoms with van der Waals surface area (Å²) in [6.45, 7) is -0.110. The molecule has 1 rings (SSSR count). The fourth-order valence-electron chi connectivity index (χ4n) is 1.73. The molecule has 7 heteroatoms. The average molecular weight is 231 g/mol. The van der Waals surface area contributed by atoms with E-state index in [2.05, 4.69) is 0 Å². The summed E-state index contributed by atoms with van der Waals surface area (Å²) in [7, 11) is 0. The second-order valence-electron chi connectivity index (χ2n) is 3.75. The van der Waals surface area contributed by atoms with Gasteiger partial charge in [0.25, 0.3) is 0 Å². The van der Waals surface area contributed by atoms with E-state index in [1.54, 1.807) is 0 Å². The first kappa shape index (κ1) is 12.4. The van der Waals surface area contributed by atoms with Gasteiger partial charge >= 0.3 is 11.9 Å². The summed E-state index contributed by atoms with van der Waals surface area (Å²) in [6.07, 6.45) is -0.556. The average Bonchev–Trinajstić information content (AvgIpc) is 2.55. The van der Waals surface area contributed by atoms with Gasteiger partial charge in [-0.15, -0.1) is 0 Å². The molecule has 2 atom stereocenters. The van der Waals surface area contributed by atoms with Gasteiger partial charge in [0.2, 0.25) is 5.91 Å². The van der Waals surface area contributed by atoms with Gasteiger partial charge in [-0.2, -0.15) is 0 Å². The standard InChI is InChI=1S/C9H13NO6/c11-4-5-1-7(12)10(3-5)6(9(15)16)2-8(13)14/h5-6,11H,1-4H2,(H,13,14)(H,15,16)/t5?,6-/m0/s1. The third-order valence-electron chi connectivity index (χ3n) is 2.53. The van der Waals surface area contributed by atoms with Crippen LogP contribution in [0.15, 0.2) is 0 Å². The van der Waals surface area contributed by atoms with Crippen LogP contribution >= 0.6 is 0 Å². The molecule has 1 heterocycles. The molecule has 0 aromatic heterocycles. The monoisotopic (exact) mass is 231 g/mol. The minimum absolute atomic E-state index is 0.0693. The van der Waals surface area contributed by atoms with Gasteiger partial charge in [-0.3, -0.25) is 9.59 Å². The maximum Gasteiger partial charge on any atom is 0.327 e. The van der Waals surface area contributed by atoms with Crippen molar-refractivity contribution in [3.63, 3.8) is 0 Å². The Morgan fingerprint density at radius 2 is 2.06 bits per heavy atom. The molecule has 0 bridgehead atoms. The Morgan fingerprint density at radius 3 is 2.44 bits per heavy atom. The second-order valence-corrected chi connectivity index (χ2v) is 3.75. The minimum atomic E-state index is -1.35. The Bertz CT molecular complexity index is 315. The van der Waals surface area contributed by atoms with Crippen LogP contribution in [0.1, 0.15) is 12.8 Å². The van der Waals surface area contributed by atoms with Crippen molar-refractivity contribution < 1.29 is 29.7 Å². The molecule has 90 valence electrons. The number of aliphatic hydroxyl groups is 1. The highest BCUT2D eigenvalue weighted by molar-refractivity contribution is 5.88. The van der Waals surface area contributed by atoms with E-state index in [-0.39, 0.29) is 25.5 Å². The molecule has 1 saturated heterocycles. The van der Waals surface area contributed by atoms with Crippen LogP contribution in [0.2, 0.25) is 0 Å². The number of hydrogen-bond acceptors (Lipinski definition) is 4. The fourth-order valence-corrected chi connectivity index (χ4v) is 1.73. The van der Waals surface area contributed by atoms with Crippen molar-refractivity contribution in [2.75, 3.05) is 13.2 Å². The predicted octanol–water partition coefficient (Wildman–Crippen LogP) is -1.24. The van der Waals surface area contributed by atoms with Crippen LogP contribution in [0.3, 0.4) is 0 Å². The van der Waals surface area contributed by atoms with E-state index < -0.39 is 30.3 Å². The van der Waals surface area contributed by atoms with E-state index >= 15 is 0 Å². The topological polar surface area (TPSA) is 115 Å². The number of likely N-dealkylation sites (tertiary alicyclic amines) is 1. The number of carboxylic acid groups (broad SMARTS) is 2. The van der Waals surface area contributed by atoms with E-state index in [1.165, 1.54) is 0 Å². The minimum Gasteiger partial charge on any atom is -0.481 e. The zero-order chi connectivity index (χ0) is 12.3. The van der Waals surface area contributed by atoms with Gasteiger partial charge in [-0.25, -0.2) is 4.79 Å². The van der Waals surface area contributed by atoms with Crippen molar-refractivity contribution in [2.24, 2.45) is 5.92 Å². The Labute approximate surface area is 91.3 Å². The summed E-state index contributed by atoms with van der Waals surface area (Å²) in [6, 6.07) is -1.35. The van der Waals surface area contributed by atoms with Gasteiger partial charge in [-0.05, 0) is 0 Å². The van der Waals surface area contributed by atoms with E-state index in [9.17, 15) is 14.4 Å². The van der Waals surface area contributed by atoms with E-state index in [0.29, 0.717) is 0 Å². The normalized spacial score (nSPS) is 22.2. The third kappa shape index (κ3) is 2.69. The van der Waals surface area contributed by atoms with Crippen LogP contribution in [0.5, 0.6) is 0 Å². The summed E-state index contributed by atoms with van der Waals surface area (Å²) in [5.74, 6) is -3.34. The van der Waals surface area contributed by atoms with Crippen molar-refractivity contribution in [3.05, 3.63) is 0 Å². The largest absolute Gasteiger partial charge is 0.481 e. The molecule has 16 heavy (non-hydrogen) atoms. The van der Waals surface area contributed by atoms with Crippen molar-refractivity contribution in [1.29, 1.82) is 0 Å². The molecule has 0 saturated carbocycles. The number of carboxylic acids is 2. The molecule has 1 amide bonds. The molecule has 7 nitrogen and oxygen atoms in total. The summed E-state index contributed by atoms with van der Waals surface area (Å²) in [5, 5.41) is 26.3. The molecule has 1 unspecified atom stereocenters. The summed E-state index contributed by atoms with van der Waals surface area (Å²) >= 11 is 0. The Morgan fingerprint density at radius 1 is 1.44 bits per heavy atom. The quantitative estimate of drug-likeness (QED) is 0.544. The molecular weight excluding hydrogens is 218 g/mol. The first-order chi connectivity index (χ1) is 7.45. The van der Waals surface area contributed by atoms with Crippen LogP contribution < -0.4 is 0 Å². The molecule has 3 N–H and O–H groups in total. The maximum atomic E-state index is 11.4. The lowest BCUT2D eigenvalue weighted by molar-refractivity contribution is -0.153. The third-order valence-corrected chi connectivity index (χ3v) is 2.53. The molecule has 0 radical (unpaired) electrons. The molecule has 0 aliphatic carbocycles. The predicted molar refractivity (Wildman–Crippen MR) is 50.6 cm³/mol. The lowest BCUT2D eigenvalue weighted by Gasteiger charge is -2.23.